The minimum atomic E-state index is -4.29. The molecule has 0 unspecified atom stereocenters. The number of phenolic OH excluding ortho intramolecular Hbond substituents is 1. The second-order valence-corrected chi connectivity index (χ2v) is 4.47. The van der Waals surface area contributed by atoms with Crippen molar-refractivity contribution in [2.24, 2.45) is 0 Å². The molecule has 2 aromatic rings. The Morgan fingerprint density at radius 2 is 2.00 bits per heavy atom. The van der Waals surface area contributed by atoms with Crippen molar-refractivity contribution in [3.05, 3.63) is 36.4 Å². The van der Waals surface area contributed by atoms with Crippen LogP contribution in [-0.2, 0) is 10.1 Å². The van der Waals surface area contributed by atoms with Gasteiger partial charge in [-0.2, -0.15) is 8.42 Å². The summed E-state index contributed by atoms with van der Waals surface area (Å²) in [5.74, 6) is -0.222. The molecular formula is C10H7O4S. The highest BCUT2D eigenvalue weighted by atomic mass is 32.2. The predicted molar refractivity (Wildman–Crippen MR) is 54.3 cm³/mol. The van der Waals surface area contributed by atoms with Crippen LogP contribution in [0.3, 0.4) is 0 Å². The van der Waals surface area contributed by atoms with E-state index < -0.39 is 10.1 Å². The summed E-state index contributed by atoms with van der Waals surface area (Å²) in [5.41, 5.74) is 0. The summed E-state index contributed by atoms with van der Waals surface area (Å²) in [4.78, 5) is -0.327. The highest BCUT2D eigenvalue weighted by Crippen LogP contribution is 2.27. The third kappa shape index (κ3) is 1.79. The quantitative estimate of drug-likeness (QED) is 0.720. The van der Waals surface area contributed by atoms with Gasteiger partial charge in [-0.3, -0.25) is 4.55 Å². The molecule has 5 heteroatoms. The maximum Gasteiger partial charge on any atom is 0.294 e. The standard InChI is InChI=1S/C10H7O4S/c11-10-6-8(15(12,13)14)5-7-3-1-2-4-9(7)10/h1-3,5-6,11H,(H,12,13,14). The Balaban J connectivity index is 2.85. The van der Waals surface area contributed by atoms with E-state index in [4.69, 9.17) is 4.55 Å². The fraction of sp³-hybridized carbons (Fsp3) is 0. The van der Waals surface area contributed by atoms with Crippen molar-refractivity contribution in [3.63, 3.8) is 0 Å². The van der Waals surface area contributed by atoms with E-state index in [-0.39, 0.29) is 10.6 Å². The Morgan fingerprint density at radius 3 is 2.67 bits per heavy atom. The normalized spacial score (nSPS) is 11.8. The summed E-state index contributed by atoms with van der Waals surface area (Å²) in [5, 5.41) is 10.4. The third-order valence-electron chi connectivity index (χ3n) is 2.02. The number of fused-ring (bicyclic) bond motifs is 1. The maximum absolute atomic E-state index is 10.9. The van der Waals surface area contributed by atoms with Gasteiger partial charge in [-0.25, -0.2) is 0 Å². The molecule has 0 aromatic heterocycles. The van der Waals surface area contributed by atoms with Gasteiger partial charge < -0.3 is 5.11 Å². The van der Waals surface area contributed by atoms with Crippen LogP contribution in [0.2, 0.25) is 0 Å². The van der Waals surface area contributed by atoms with Crippen LogP contribution in [0.1, 0.15) is 0 Å². The van der Waals surface area contributed by atoms with Crippen LogP contribution in [0, 0.1) is 6.07 Å². The zero-order chi connectivity index (χ0) is 11.1. The second-order valence-electron chi connectivity index (χ2n) is 3.05. The van der Waals surface area contributed by atoms with E-state index in [0.29, 0.717) is 10.8 Å². The summed E-state index contributed by atoms with van der Waals surface area (Å²) >= 11 is 0. The van der Waals surface area contributed by atoms with Crippen LogP contribution < -0.4 is 0 Å². The Morgan fingerprint density at radius 1 is 1.27 bits per heavy atom. The summed E-state index contributed by atoms with van der Waals surface area (Å²) in [6.45, 7) is 0. The van der Waals surface area contributed by atoms with E-state index in [0.717, 1.165) is 6.07 Å². The monoisotopic (exact) mass is 223 g/mol. The second kappa shape index (κ2) is 3.22. The zero-order valence-corrected chi connectivity index (χ0v) is 8.32. The van der Waals surface area contributed by atoms with Crippen molar-refractivity contribution in [2.75, 3.05) is 0 Å². The Labute approximate surface area is 86.5 Å². The van der Waals surface area contributed by atoms with Gasteiger partial charge in [0.2, 0.25) is 0 Å². The lowest BCUT2D eigenvalue weighted by Crippen LogP contribution is -1.97. The number of hydrogen-bond acceptors (Lipinski definition) is 3. The number of benzene rings is 2. The van der Waals surface area contributed by atoms with Crippen molar-refractivity contribution >= 4 is 20.9 Å². The molecule has 77 valence electrons. The summed E-state index contributed by atoms with van der Waals surface area (Å²) in [6, 6.07) is 9.94. The molecule has 0 saturated heterocycles. The molecule has 0 aliphatic carbocycles. The molecule has 2 aromatic carbocycles. The molecular weight excluding hydrogens is 216 g/mol. The molecule has 0 saturated carbocycles. The first-order chi connectivity index (χ1) is 6.98. The first-order valence-electron chi connectivity index (χ1n) is 4.09. The van der Waals surface area contributed by atoms with Crippen LogP contribution in [0.15, 0.2) is 35.2 Å². The summed E-state index contributed by atoms with van der Waals surface area (Å²) < 4.78 is 30.5. The lowest BCUT2D eigenvalue weighted by molar-refractivity contribution is 0.471. The molecule has 0 atom stereocenters. The van der Waals surface area contributed by atoms with Gasteiger partial charge in [0, 0.05) is 11.5 Å². The average Bonchev–Trinajstić information content (AvgIpc) is 2.16. The Bertz CT molecular complexity index is 616. The maximum atomic E-state index is 10.9. The molecule has 1 radical (unpaired) electrons. The Kier molecular flexibility index (Phi) is 2.13. The van der Waals surface area contributed by atoms with Crippen LogP contribution in [0.5, 0.6) is 5.75 Å². The number of hydrogen-bond donors (Lipinski definition) is 2. The molecule has 15 heavy (non-hydrogen) atoms. The van der Waals surface area contributed by atoms with Gasteiger partial charge in [0.1, 0.15) is 5.75 Å². The topological polar surface area (TPSA) is 74.6 Å². The molecule has 0 heterocycles. The fourth-order valence-corrected chi connectivity index (χ4v) is 1.88. The molecule has 4 nitrogen and oxygen atoms in total. The van der Waals surface area contributed by atoms with E-state index in [1.165, 1.54) is 6.07 Å². The Hall–Kier alpha value is -1.59. The number of aromatic hydroxyl groups is 1. The lowest BCUT2D eigenvalue weighted by Gasteiger charge is -2.03. The van der Waals surface area contributed by atoms with Crippen molar-refractivity contribution in [1.29, 1.82) is 0 Å². The van der Waals surface area contributed by atoms with Crippen LogP contribution in [-0.4, -0.2) is 18.1 Å². The van der Waals surface area contributed by atoms with Gasteiger partial charge in [0.15, 0.2) is 0 Å². The highest BCUT2D eigenvalue weighted by Gasteiger charge is 2.12. The van der Waals surface area contributed by atoms with Gasteiger partial charge in [-0.15, -0.1) is 0 Å². The predicted octanol–water partition coefficient (Wildman–Crippen LogP) is 1.59. The first-order valence-corrected chi connectivity index (χ1v) is 5.53. The van der Waals surface area contributed by atoms with E-state index in [2.05, 4.69) is 6.07 Å². The molecule has 0 amide bonds. The average molecular weight is 223 g/mol. The number of rotatable bonds is 1. The molecule has 0 spiro atoms. The van der Waals surface area contributed by atoms with Crippen LogP contribution in [0.4, 0.5) is 0 Å². The lowest BCUT2D eigenvalue weighted by atomic mass is 10.1. The highest BCUT2D eigenvalue weighted by molar-refractivity contribution is 7.85. The first kappa shape index (κ1) is 9.95. The molecule has 0 aliphatic rings. The summed E-state index contributed by atoms with van der Waals surface area (Å²) in [6.07, 6.45) is 0. The fourth-order valence-electron chi connectivity index (χ4n) is 1.34. The van der Waals surface area contributed by atoms with Gasteiger partial charge >= 0.3 is 0 Å². The van der Waals surface area contributed by atoms with E-state index in [1.807, 2.05) is 0 Å². The van der Waals surface area contributed by atoms with E-state index >= 15 is 0 Å². The summed E-state index contributed by atoms with van der Waals surface area (Å²) in [7, 11) is -4.29. The van der Waals surface area contributed by atoms with E-state index in [9.17, 15) is 13.5 Å². The van der Waals surface area contributed by atoms with Gasteiger partial charge in [0.05, 0.1) is 4.90 Å². The van der Waals surface area contributed by atoms with Crippen LogP contribution in [0.25, 0.3) is 10.8 Å². The van der Waals surface area contributed by atoms with Gasteiger partial charge in [-0.05, 0) is 17.5 Å². The minimum Gasteiger partial charge on any atom is -0.507 e. The molecule has 2 rings (SSSR count). The minimum absolute atomic E-state index is 0.222. The number of phenols is 1. The zero-order valence-electron chi connectivity index (χ0n) is 7.51. The van der Waals surface area contributed by atoms with E-state index in [1.54, 1.807) is 18.2 Å². The van der Waals surface area contributed by atoms with Crippen molar-refractivity contribution in [1.82, 2.24) is 0 Å². The molecule has 0 fully saturated rings. The molecule has 2 N–H and O–H groups in total. The van der Waals surface area contributed by atoms with Crippen LogP contribution >= 0.6 is 0 Å². The van der Waals surface area contributed by atoms with Crippen molar-refractivity contribution < 1.29 is 18.1 Å². The van der Waals surface area contributed by atoms with Gasteiger partial charge in [-0.1, -0.05) is 18.2 Å². The SMILES string of the molecule is O=S(=O)(O)c1cc(O)c2[c]cccc2c1. The van der Waals surface area contributed by atoms with Crippen molar-refractivity contribution in [2.45, 2.75) is 4.90 Å². The molecule has 0 bridgehead atoms. The smallest absolute Gasteiger partial charge is 0.294 e. The van der Waals surface area contributed by atoms with Crippen molar-refractivity contribution in [3.8, 4) is 5.75 Å². The molecule has 0 aliphatic heterocycles. The largest absolute Gasteiger partial charge is 0.507 e. The third-order valence-corrected chi connectivity index (χ3v) is 2.85. The van der Waals surface area contributed by atoms with Gasteiger partial charge in [0.25, 0.3) is 10.1 Å².